The van der Waals surface area contributed by atoms with E-state index in [0.29, 0.717) is 0 Å². The molecule has 5 nitrogen and oxygen atoms in total. The van der Waals surface area contributed by atoms with Gasteiger partial charge in [0.15, 0.2) is 0 Å². The molecule has 1 atom stereocenters. The fraction of sp³-hybridized carbons (Fsp3) is 0.273. The molecule has 0 bridgehead atoms. The molecule has 17 heavy (non-hydrogen) atoms. The number of aromatic nitrogens is 1. The summed E-state index contributed by atoms with van der Waals surface area (Å²) in [7, 11) is 1.47. The van der Waals surface area contributed by atoms with E-state index in [1.165, 1.54) is 18.6 Å². The van der Waals surface area contributed by atoms with Crippen LogP contribution in [0.3, 0.4) is 0 Å². The van der Waals surface area contributed by atoms with Gasteiger partial charge in [0.05, 0.1) is 12.1 Å². The second-order valence-corrected chi connectivity index (χ2v) is 4.29. The first-order valence-corrected chi connectivity index (χ1v) is 5.82. The summed E-state index contributed by atoms with van der Waals surface area (Å²) >= 11 is 1.25. The van der Waals surface area contributed by atoms with E-state index in [-0.39, 0.29) is 6.61 Å². The van der Waals surface area contributed by atoms with Crippen molar-refractivity contribution in [3.05, 3.63) is 24.3 Å². The van der Waals surface area contributed by atoms with Crippen LogP contribution in [-0.4, -0.2) is 35.2 Å². The van der Waals surface area contributed by atoms with Gasteiger partial charge in [0.2, 0.25) is 0 Å². The first kappa shape index (κ1) is 11.8. The van der Waals surface area contributed by atoms with Gasteiger partial charge in [0.1, 0.15) is 11.0 Å². The molecular weight excluding hydrogens is 240 g/mol. The van der Waals surface area contributed by atoms with E-state index in [4.69, 9.17) is 9.84 Å². The lowest BCUT2D eigenvalue weighted by molar-refractivity contribution is -0.139. The summed E-state index contributed by atoms with van der Waals surface area (Å²) in [5.74, 6) is -0.940. The number of carbonyl (C=O) groups is 1. The summed E-state index contributed by atoms with van der Waals surface area (Å²) in [6.07, 6.45) is 0. The normalized spacial score (nSPS) is 12.5. The maximum Gasteiger partial charge on any atom is 0.328 e. The van der Waals surface area contributed by atoms with Crippen molar-refractivity contribution in [3.8, 4) is 0 Å². The molecule has 1 aromatic carbocycles. The van der Waals surface area contributed by atoms with Crippen LogP contribution in [0, 0.1) is 0 Å². The Labute approximate surface area is 102 Å². The van der Waals surface area contributed by atoms with Crippen molar-refractivity contribution in [3.63, 3.8) is 0 Å². The molecular formula is C11H12N2O3S. The van der Waals surface area contributed by atoms with Crippen molar-refractivity contribution in [2.75, 3.05) is 19.0 Å². The monoisotopic (exact) mass is 252 g/mol. The number of nitrogens with one attached hydrogen (secondary N) is 1. The molecule has 2 aromatic rings. The third-order valence-electron chi connectivity index (χ3n) is 2.32. The highest BCUT2D eigenvalue weighted by Crippen LogP contribution is 2.27. The van der Waals surface area contributed by atoms with Crippen molar-refractivity contribution < 1.29 is 14.6 Å². The lowest BCUT2D eigenvalue weighted by Gasteiger charge is -2.12. The van der Waals surface area contributed by atoms with Gasteiger partial charge in [-0.05, 0) is 23.7 Å². The summed E-state index contributed by atoms with van der Waals surface area (Å²) in [4.78, 5) is 11.0. The van der Waals surface area contributed by atoms with E-state index in [2.05, 4.69) is 9.69 Å². The van der Waals surface area contributed by atoms with Crippen molar-refractivity contribution in [1.29, 1.82) is 0 Å². The predicted octanol–water partition coefficient (Wildman–Crippen LogP) is 1.81. The topological polar surface area (TPSA) is 71.5 Å². The van der Waals surface area contributed by atoms with Gasteiger partial charge in [-0.2, -0.15) is 4.37 Å². The number of benzene rings is 1. The van der Waals surface area contributed by atoms with Gasteiger partial charge in [0, 0.05) is 12.5 Å². The quantitative estimate of drug-likeness (QED) is 0.849. The Morgan fingerprint density at radius 3 is 3.06 bits per heavy atom. The summed E-state index contributed by atoms with van der Waals surface area (Å²) in [5, 5.41) is 13.6. The molecule has 0 aliphatic carbocycles. The lowest BCUT2D eigenvalue weighted by atomic mass is 10.2. The minimum absolute atomic E-state index is 0.113. The highest BCUT2D eigenvalue weighted by molar-refractivity contribution is 7.11. The summed E-state index contributed by atoms with van der Waals surface area (Å²) in [6.45, 7) is 0.113. The van der Waals surface area contributed by atoms with Gasteiger partial charge < -0.3 is 15.2 Å². The van der Waals surface area contributed by atoms with Gasteiger partial charge in [-0.3, -0.25) is 0 Å². The second-order valence-electron chi connectivity index (χ2n) is 3.52. The number of methoxy groups -OCH3 is 1. The molecule has 0 fully saturated rings. The van der Waals surface area contributed by atoms with E-state index in [1.807, 2.05) is 24.3 Å². The maximum absolute atomic E-state index is 11.0. The fourth-order valence-corrected chi connectivity index (χ4v) is 2.31. The van der Waals surface area contributed by atoms with Crippen LogP contribution in [0.1, 0.15) is 0 Å². The molecule has 0 amide bonds. The molecule has 1 aromatic heterocycles. The number of carboxylic acid groups (broad SMARTS) is 1. The average molecular weight is 252 g/mol. The van der Waals surface area contributed by atoms with E-state index >= 15 is 0 Å². The Morgan fingerprint density at radius 1 is 1.59 bits per heavy atom. The zero-order valence-corrected chi connectivity index (χ0v) is 10.0. The van der Waals surface area contributed by atoms with Crippen LogP contribution in [0.4, 0.5) is 5.00 Å². The van der Waals surface area contributed by atoms with Crippen LogP contribution in [0.15, 0.2) is 24.3 Å². The van der Waals surface area contributed by atoms with E-state index in [1.54, 1.807) is 0 Å². The lowest BCUT2D eigenvalue weighted by Crippen LogP contribution is -2.33. The fourth-order valence-electron chi connectivity index (χ4n) is 1.49. The summed E-state index contributed by atoms with van der Waals surface area (Å²) < 4.78 is 9.10. The number of rotatable bonds is 5. The van der Waals surface area contributed by atoms with E-state index in [9.17, 15) is 4.79 Å². The highest BCUT2D eigenvalue weighted by Gasteiger charge is 2.18. The molecule has 2 N–H and O–H groups in total. The molecule has 0 spiro atoms. The van der Waals surface area contributed by atoms with Crippen molar-refractivity contribution in [1.82, 2.24) is 4.37 Å². The van der Waals surface area contributed by atoms with E-state index in [0.717, 1.165) is 15.9 Å². The number of nitrogens with zero attached hydrogens (tertiary/aromatic N) is 1. The summed E-state index contributed by atoms with van der Waals surface area (Å²) in [5.41, 5.74) is 0.863. The molecule has 90 valence electrons. The van der Waals surface area contributed by atoms with Gasteiger partial charge in [-0.1, -0.05) is 12.1 Å². The first-order valence-electron chi connectivity index (χ1n) is 5.05. The average Bonchev–Trinajstić information content (AvgIpc) is 2.72. The van der Waals surface area contributed by atoms with Gasteiger partial charge in [-0.15, -0.1) is 0 Å². The minimum Gasteiger partial charge on any atom is -0.480 e. The number of aliphatic carboxylic acids is 1. The number of carboxylic acids is 1. The van der Waals surface area contributed by atoms with Crippen LogP contribution >= 0.6 is 11.5 Å². The minimum atomic E-state index is -0.940. The van der Waals surface area contributed by atoms with Gasteiger partial charge in [0.25, 0.3) is 0 Å². The molecule has 0 saturated carbocycles. The first-order chi connectivity index (χ1) is 8.22. The van der Waals surface area contributed by atoms with Crippen LogP contribution in [0.5, 0.6) is 0 Å². The molecule has 2 rings (SSSR count). The third kappa shape index (κ3) is 2.54. The van der Waals surface area contributed by atoms with Crippen molar-refractivity contribution in [2.24, 2.45) is 0 Å². The van der Waals surface area contributed by atoms with Crippen LogP contribution < -0.4 is 5.32 Å². The number of anilines is 1. The zero-order valence-electron chi connectivity index (χ0n) is 9.21. The van der Waals surface area contributed by atoms with E-state index < -0.39 is 12.0 Å². The van der Waals surface area contributed by atoms with Gasteiger partial charge in [-0.25, -0.2) is 4.79 Å². The van der Waals surface area contributed by atoms with Gasteiger partial charge >= 0.3 is 5.97 Å². The molecule has 1 unspecified atom stereocenters. The second kappa shape index (κ2) is 5.11. The Balaban J connectivity index is 2.25. The van der Waals surface area contributed by atoms with Crippen LogP contribution in [-0.2, 0) is 9.53 Å². The Bertz CT molecular complexity index is 526. The Kier molecular flexibility index (Phi) is 3.55. The maximum atomic E-state index is 11.0. The standard InChI is InChI=1S/C11H12N2O3S/c1-16-6-9(11(14)15)12-10-7-4-2-3-5-8(7)13-17-10/h2-5,9,12H,6H2,1H3,(H,14,15). The molecule has 0 radical (unpaired) electrons. The predicted molar refractivity (Wildman–Crippen MR) is 66.5 cm³/mol. The third-order valence-corrected chi connectivity index (χ3v) is 3.13. The zero-order chi connectivity index (χ0) is 12.3. The number of fused-ring (bicyclic) bond motifs is 1. The number of hydrogen-bond donors (Lipinski definition) is 2. The largest absolute Gasteiger partial charge is 0.480 e. The van der Waals surface area contributed by atoms with Crippen LogP contribution in [0.25, 0.3) is 10.9 Å². The molecule has 0 saturated heterocycles. The smallest absolute Gasteiger partial charge is 0.328 e. The molecule has 0 aliphatic rings. The molecule has 1 heterocycles. The SMILES string of the molecule is COCC(Nc1snc2ccccc12)C(=O)O. The number of hydrogen-bond acceptors (Lipinski definition) is 5. The number of ether oxygens (including phenoxy) is 1. The highest BCUT2D eigenvalue weighted by atomic mass is 32.1. The molecule has 0 aliphatic heterocycles. The summed E-state index contributed by atoms with van der Waals surface area (Å²) in [6, 6.07) is 6.84. The van der Waals surface area contributed by atoms with Crippen molar-refractivity contribution >= 4 is 33.4 Å². The Hall–Kier alpha value is -1.66. The van der Waals surface area contributed by atoms with Crippen molar-refractivity contribution in [2.45, 2.75) is 6.04 Å². The Morgan fingerprint density at radius 2 is 2.35 bits per heavy atom. The molecule has 6 heteroatoms. The van der Waals surface area contributed by atoms with Crippen LogP contribution in [0.2, 0.25) is 0 Å².